The Morgan fingerprint density at radius 1 is 1.55 bits per heavy atom. The first-order chi connectivity index (χ1) is 5.06. The standard InChI is InChI=1S/C8H15NO2/c1-7(2)5-9(3)6-8(10)11-4/h1,5-6H2,2-4H3. The molecule has 0 aromatic carbocycles. The van der Waals surface area contributed by atoms with E-state index >= 15 is 0 Å². The van der Waals surface area contributed by atoms with Gasteiger partial charge in [-0.3, -0.25) is 9.69 Å². The molecule has 0 aliphatic heterocycles. The van der Waals surface area contributed by atoms with E-state index in [2.05, 4.69) is 11.3 Å². The van der Waals surface area contributed by atoms with Gasteiger partial charge in [0.2, 0.25) is 0 Å². The summed E-state index contributed by atoms with van der Waals surface area (Å²) in [5.74, 6) is -0.214. The summed E-state index contributed by atoms with van der Waals surface area (Å²) in [6, 6.07) is 0. The molecule has 0 aliphatic rings. The van der Waals surface area contributed by atoms with Crippen LogP contribution in [0.2, 0.25) is 0 Å². The molecule has 0 aliphatic carbocycles. The zero-order valence-electron chi connectivity index (χ0n) is 7.39. The molecule has 0 aromatic rings. The summed E-state index contributed by atoms with van der Waals surface area (Å²) in [5, 5.41) is 0. The molecule has 0 radical (unpaired) electrons. The van der Waals surface area contributed by atoms with Gasteiger partial charge < -0.3 is 4.74 Å². The summed E-state index contributed by atoms with van der Waals surface area (Å²) < 4.78 is 4.49. The van der Waals surface area contributed by atoms with E-state index in [9.17, 15) is 4.79 Å². The minimum absolute atomic E-state index is 0.214. The van der Waals surface area contributed by atoms with E-state index in [1.165, 1.54) is 7.11 Å². The molecule has 0 saturated heterocycles. The molecule has 0 heterocycles. The Labute approximate surface area is 67.6 Å². The molecule has 0 atom stereocenters. The summed E-state index contributed by atoms with van der Waals surface area (Å²) in [6.07, 6.45) is 0. The summed E-state index contributed by atoms with van der Waals surface area (Å²) in [6.45, 7) is 6.71. The van der Waals surface area contributed by atoms with Crippen LogP contribution in [-0.2, 0) is 9.53 Å². The van der Waals surface area contributed by atoms with Gasteiger partial charge in [-0.05, 0) is 14.0 Å². The Hall–Kier alpha value is -0.830. The minimum atomic E-state index is -0.214. The molecule has 0 N–H and O–H groups in total. The van der Waals surface area contributed by atoms with Gasteiger partial charge in [-0.25, -0.2) is 0 Å². The zero-order valence-corrected chi connectivity index (χ0v) is 7.39. The van der Waals surface area contributed by atoms with Gasteiger partial charge in [0.15, 0.2) is 0 Å². The predicted molar refractivity (Wildman–Crippen MR) is 44.3 cm³/mol. The third kappa shape index (κ3) is 5.61. The van der Waals surface area contributed by atoms with Crippen LogP contribution in [0.5, 0.6) is 0 Å². The average molecular weight is 157 g/mol. The van der Waals surface area contributed by atoms with Gasteiger partial charge in [-0.2, -0.15) is 0 Å². The highest BCUT2D eigenvalue weighted by molar-refractivity contribution is 5.71. The van der Waals surface area contributed by atoms with E-state index in [0.29, 0.717) is 6.54 Å². The molecule has 0 aromatic heterocycles. The Morgan fingerprint density at radius 3 is 2.45 bits per heavy atom. The molecule has 0 rings (SSSR count). The summed E-state index contributed by atoms with van der Waals surface area (Å²) in [5.41, 5.74) is 1.04. The fraction of sp³-hybridized carbons (Fsp3) is 0.625. The van der Waals surface area contributed by atoms with E-state index in [4.69, 9.17) is 0 Å². The number of carbonyl (C=O) groups excluding carboxylic acids is 1. The lowest BCUT2D eigenvalue weighted by atomic mass is 10.3. The van der Waals surface area contributed by atoms with Gasteiger partial charge in [0, 0.05) is 6.54 Å². The highest BCUT2D eigenvalue weighted by Gasteiger charge is 2.04. The first-order valence-corrected chi connectivity index (χ1v) is 3.46. The molecule has 3 nitrogen and oxygen atoms in total. The van der Waals surface area contributed by atoms with Crippen molar-refractivity contribution in [1.29, 1.82) is 0 Å². The van der Waals surface area contributed by atoms with Crippen molar-refractivity contribution in [2.75, 3.05) is 27.2 Å². The molecule has 0 fully saturated rings. The second-order valence-electron chi connectivity index (χ2n) is 2.71. The third-order valence-corrected chi connectivity index (χ3v) is 1.17. The number of methoxy groups -OCH3 is 1. The van der Waals surface area contributed by atoms with Gasteiger partial charge >= 0.3 is 5.97 Å². The van der Waals surface area contributed by atoms with E-state index in [0.717, 1.165) is 12.1 Å². The number of ether oxygens (including phenoxy) is 1. The maximum absolute atomic E-state index is 10.7. The number of rotatable bonds is 4. The van der Waals surface area contributed by atoms with Crippen molar-refractivity contribution in [1.82, 2.24) is 4.90 Å². The monoisotopic (exact) mass is 157 g/mol. The highest BCUT2D eigenvalue weighted by Crippen LogP contribution is 1.91. The van der Waals surface area contributed by atoms with Gasteiger partial charge in [0.1, 0.15) is 0 Å². The molecule has 3 heteroatoms. The van der Waals surface area contributed by atoms with Gasteiger partial charge in [-0.1, -0.05) is 12.2 Å². The molecule has 11 heavy (non-hydrogen) atoms. The quantitative estimate of drug-likeness (QED) is 0.443. The van der Waals surface area contributed by atoms with Crippen LogP contribution >= 0.6 is 0 Å². The molecular weight excluding hydrogens is 142 g/mol. The zero-order chi connectivity index (χ0) is 8.85. The highest BCUT2D eigenvalue weighted by atomic mass is 16.5. The molecule has 0 amide bonds. The predicted octanol–water partition coefficient (Wildman–Crippen LogP) is 0.667. The van der Waals surface area contributed by atoms with Crippen molar-refractivity contribution >= 4 is 5.97 Å². The lowest BCUT2D eigenvalue weighted by Gasteiger charge is -2.14. The fourth-order valence-corrected chi connectivity index (χ4v) is 0.802. The molecule has 64 valence electrons. The van der Waals surface area contributed by atoms with Crippen molar-refractivity contribution in [3.63, 3.8) is 0 Å². The Morgan fingerprint density at radius 2 is 2.09 bits per heavy atom. The van der Waals surface area contributed by atoms with E-state index in [1.54, 1.807) is 0 Å². The first-order valence-electron chi connectivity index (χ1n) is 3.46. The van der Waals surface area contributed by atoms with Crippen LogP contribution < -0.4 is 0 Å². The van der Waals surface area contributed by atoms with Crippen LogP contribution in [0.1, 0.15) is 6.92 Å². The maximum Gasteiger partial charge on any atom is 0.319 e. The first kappa shape index (κ1) is 10.2. The van der Waals surface area contributed by atoms with Crippen LogP contribution in [0, 0.1) is 0 Å². The van der Waals surface area contributed by atoms with Gasteiger partial charge in [-0.15, -0.1) is 0 Å². The summed E-state index contributed by atoms with van der Waals surface area (Å²) in [7, 11) is 3.24. The van der Waals surface area contributed by atoms with E-state index in [1.807, 2.05) is 18.9 Å². The lowest BCUT2D eigenvalue weighted by molar-refractivity contribution is -0.141. The smallest absolute Gasteiger partial charge is 0.319 e. The van der Waals surface area contributed by atoms with Crippen molar-refractivity contribution in [3.05, 3.63) is 12.2 Å². The molecule has 0 bridgehead atoms. The largest absolute Gasteiger partial charge is 0.468 e. The second-order valence-corrected chi connectivity index (χ2v) is 2.71. The van der Waals surface area contributed by atoms with Crippen LogP contribution in [-0.4, -0.2) is 38.1 Å². The number of nitrogens with zero attached hydrogens (tertiary/aromatic N) is 1. The van der Waals surface area contributed by atoms with E-state index < -0.39 is 0 Å². The second kappa shape index (κ2) is 4.91. The van der Waals surface area contributed by atoms with Crippen molar-refractivity contribution in [2.24, 2.45) is 0 Å². The van der Waals surface area contributed by atoms with Crippen LogP contribution in [0.15, 0.2) is 12.2 Å². The molecule has 0 unspecified atom stereocenters. The number of likely N-dealkylation sites (N-methyl/N-ethyl adjacent to an activating group) is 1. The number of esters is 1. The molecular formula is C8H15NO2. The van der Waals surface area contributed by atoms with Gasteiger partial charge in [0.05, 0.1) is 13.7 Å². The number of carbonyl (C=O) groups is 1. The summed E-state index contributed by atoms with van der Waals surface area (Å²) >= 11 is 0. The normalized spacial score (nSPS) is 9.82. The van der Waals surface area contributed by atoms with Crippen molar-refractivity contribution in [3.8, 4) is 0 Å². The number of hydrogen-bond donors (Lipinski definition) is 0. The minimum Gasteiger partial charge on any atom is -0.468 e. The molecule has 0 spiro atoms. The van der Waals surface area contributed by atoms with Crippen LogP contribution in [0.4, 0.5) is 0 Å². The lowest BCUT2D eigenvalue weighted by Crippen LogP contribution is -2.27. The maximum atomic E-state index is 10.7. The number of hydrogen-bond acceptors (Lipinski definition) is 3. The summed E-state index contributed by atoms with van der Waals surface area (Å²) in [4.78, 5) is 12.6. The van der Waals surface area contributed by atoms with Crippen molar-refractivity contribution in [2.45, 2.75) is 6.92 Å². The Kier molecular flexibility index (Phi) is 4.54. The Balaban J connectivity index is 3.60. The Bertz CT molecular complexity index is 154. The molecule has 0 saturated carbocycles. The third-order valence-electron chi connectivity index (χ3n) is 1.17. The van der Waals surface area contributed by atoms with Crippen LogP contribution in [0.3, 0.4) is 0 Å². The SMILES string of the molecule is C=C(C)CN(C)CC(=O)OC. The topological polar surface area (TPSA) is 29.5 Å². The van der Waals surface area contributed by atoms with Crippen molar-refractivity contribution < 1.29 is 9.53 Å². The van der Waals surface area contributed by atoms with E-state index in [-0.39, 0.29) is 5.97 Å². The fourth-order valence-electron chi connectivity index (χ4n) is 0.802. The van der Waals surface area contributed by atoms with Crippen LogP contribution in [0.25, 0.3) is 0 Å². The van der Waals surface area contributed by atoms with Gasteiger partial charge in [0.25, 0.3) is 0 Å². The average Bonchev–Trinajstić information content (AvgIpc) is 1.85.